The Labute approximate surface area is 117 Å². The summed E-state index contributed by atoms with van der Waals surface area (Å²) in [5.41, 5.74) is 1.26. The first-order valence-corrected chi connectivity index (χ1v) is 7.37. The normalized spacial score (nSPS) is 10.4. The molecule has 0 aliphatic heterocycles. The topological polar surface area (TPSA) is 42.0 Å². The molecule has 0 aliphatic rings. The molecule has 0 fully saturated rings. The van der Waals surface area contributed by atoms with Crippen LogP contribution in [-0.4, -0.2) is 17.4 Å². The van der Waals surface area contributed by atoms with E-state index in [1.54, 1.807) is 23.7 Å². The molecule has 0 bridgehead atoms. The standard InChI is InChI=1S/C15H18N2OS/c1-2-13-5-6-14(19-13)15(18)17-9-3-4-12-7-10-16-11-8-12/h5-8,10-11H,2-4,9H2,1H3,(H,17,18). The van der Waals surface area contributed by atoms with E-state index in [-0.39, 0.29) is 5.91 Å². The summed E-state index contributed by atoms with van der Waals surface area (Å²) in [6.45, 7) is 2.81. The fourth-order valence-corrected chi connectivity index (χ4v) is 2.68. The Bertz CT molecular complexity index is 522. The second-order valence-corrected chi connectivity index (χ2v) is 5.50. The van der Waals surface area contributed by atoms with Gasteiger partial charge in [0.15, 0.2) is 0 Å². The highest BCUT2D eigenvalue weighted by atomic mass is 32.1. The third-order valence-corrected chi connectivity index (χ3v) is 4.14. The van der Waals surface area contributed by atoms with Gasteiger partial charge < -0.3 is 5.32 Å². The minimum Gasteiger partial charge on any atom is -0.351 e. The van der Waals surface area contributed by atoms with Gasteiger partial charge in [-0.1, -0.05) is 6.92 Å². The van der Waals surface area contributed by atoms with Crippen LogP contribution in [0.2, 0.25) is 0 Å². The summed E-state index contributed by atoms with van der Waals surface area (Å²) in [7, 11) is 0. The highest BCUT2D eigenvalue weighted by Gasteiger charge is 2.07. The molecule has 0 aromatic carbocycles. The molecular weight excluding hydrogens is 256 g/mol. The first-order chi connectivity index (χ1) is 9.29. The van der Waals surface area contributed by atoms with Gasteiger partial charge in [-0.05, 0) is 49.1 Å². The van der Waals surface area contributed by atoms with Gasteiger partial charge >= 0.3 is 0 Å². The Morgan fingerprint density at radius 2 is 2.05 bits per heavy atom. The van der Waals surface area contributed by atoms with Crippen LogP contribution in [0.15, 0.2) is 36.7 Å². The number of hydrogen-bond donors (Lipinski definition) is 1. The summed E-state index contributed by atoms with van der Waals surface area (Å²) < 4.78 is 0. The van der Waals surface area contributed by atoms with E-state index in [0.29, 0.717) is 6.54 Å². The molecule has 4 heteroatoms. The number of aryl methyl sites for hydroxylation is 2. The van der Waals surface area contributed by atoms with Crippen molar-refractivity contribution in [2.75, 3.05) is 6.54 Å². The van der Waals surface area contributed by atoms with Crippen molar-refractivity contribution in [3.8, 4) is 0 Å². The van der Waals surface area contributed by atoms with Gasteiger partial charge in [0.1, 0.15) is 0 Å². The average Bonchev–Trinajstić information content (AvgIpc) is 2.93. The molecule has 2 aromatic heterocycles. The Kier molecular flexibility index (Phi) is 5.10. The maximum Gasteiger partial charge on any atom is 0.261 e. The predicted molar refractivity (Wildman–Crippen MR) is 78.6 cm³/mol. The molecule has 3 nitrogen and oxygen atoms in total. The quantitative estimate of drug-likeness (QED) is 0.823. The molecule has 2 rings (SSSR count). The predicted octanol–water partition coefficient (Wildman–Crippen LogP) is 3.07. The monoisotopic (exact) mass is 274 g/mol. The first kappa shape index (κ1) is 13.7. The SMILES string of the molecule is CCc1ccc(C(=O)NCCCc2ccncc2)s1. The molecule has 1 N–H and O–H groups in total. The van der Waals surface area contributed by atoms with Crippen LogP contribution >= 0.6 is 11.3 Å². The summed E-state index contributed by atoms with van der Waals surface area (Å²) in [6, 6.07) is 7.95. The van der Waals surface area contributed by atoms with E-state index in [1.807, 2.05) is 24.3 Å². The van der Waals surface area contributed by atoms with Crippen molar-refractivity contribution in [1.29, 1.82) is 0 Å². The van der Waals surface area contributed by atoms with Gasteiger partial charge in [-0.2, -0.15) is 0 Å². The molecule has 0 atom stereocenters. The maximum atomic E-state index is 11.9. The number of rotatable bonds is 6. The fourth-order valence-electron chi connectivity index (χ4n) is 1.82. The van der Waals surface area contributed by atoms with E-state index in [9.17, 15) is 4.79 Å². The summed E-state index contributed by atoms with van der Waals surface area (Å²) in [5.74, 6) is 0.0411. The van der Waals surface area contributed by atoms with Crippen LogP contribution < -0.4 is 5.32 Å². The lowest BCUT2D eigenvalue weighted by Crippen LogP contribution is -2.23. The summed E-state index contributed by atoms with van der Waals surface area (Å²) in [4.78, 5) is 17.9. The molecular formula is C15H18N2OS. The minimum absolute atomic E-state index is 0.0411. The number of nitrogens with zero attached hydrogens (tertiary/aromatic N) is 1. The largest absolute Gasteiger partial charge is 0.351 e. The lowest BCUT2D eigenvalue weighted by Gasteiger charge is -2.03. The zero-order chi connectivity index (χ0) is 13.5. The first-order valence-electron chi connectivity index (χ1n) is 6.55. The number of amides is 1. The van der Waals surface area contributed by atoms with Crippen LogP contribution in [0.5, 0.6) is 0 Å². The van der Waals surface area contributed by atoms with Crippen LogP contribution in [0.25, 0.3) is 0 Å². The molecule has 0 saturated carbocycles. The number of pyridine rings is 1. The molecule has 2 heterocycles. The molecule has 0 radical (unpaired) electrons. The van der Waals surface area contributed by atoms with Crippen LogP contribution in [-0.2, 0) is 12.8 Å². The third-order valence-electron chi connectivity index (χ3n) is 2.91. The van der Waals surface area contributed by atoms with Gasteiger partial charge in [-0.15, -0.1) is 11.3 Å². The highest BCUT2D eigenvalue weighted by Crippen LogP contribution is 2.16. The second kappa shape index (κ2) is 7.04. The van der Waals surface area contributed by atoms with E-state index >= 15 is 0 Å². The van der Waals surface area contributed by atoms with Crippen molar-refractivity contribution in [3.05, 3.63) is 52.0 Å². The van der Waals surface area contributed by atoms with Crippen molar-refractivity contribution in [2.24, 2.45) is 0 Å². The molecule has 1 amide bonds. The average molecular weight is 274 g/mol. The number of thiophene rings is 1. The molecule has 2 aromatic rings. The van der Waals surface area contributed by atoms with Crippen molar-refractivity contribution in [3.63, 3.8) is 0 Å². The van der Waals surface area contributed by atoms with Crippen LogP contribution in [0.4, 0.5) is 0 Å². The van der Waals surface area contributed by atoms with Crippen LogP contribution in [0.3, 0.4) is 0 Å². The molecule has 19 heavy (non-hydrogen) atoms. The zero-order valence-corrected chi connectivity index (χ0v) is 11.9. The van der Waals surface area contributed by atoms with E-state index < -0.39 is 0 Å². The van der Waals surface area contributed by atoms with Crippen LogP contribution in [0, 0.1) is 0 Å². The molecule has 0 unspecified atom stereocenters. The van der Waals surface area contributed by atoms with E-state index in [4.69, 9.17) is 0 Å². The molecule has 0 aliphatic carbocycles. The fraction of sp³-hybridized carbons (Fsp3) is 0.333. The van der Waals surface area contributed by atoms with Gasteiger partial charge in [0.25, 0.3) is 5.91 Å². The van der Waals surface area contributed by atoms with Crippen molar-refractivity contribution < 1.29 is 4.79 Å². The van der Waals surface area contributed by atoms with Crippen molar-refractivity contribution in [1.82, 2.24) is 10.3 Å². The van der Waals surface area contributed by atoms with Gasteiger partial charge in [0, 0.05) is 23.8 Å². The Morgan fingerprint density at radius 3 is 2.74 bits per heavy atom. The van der Waals surface area contributed by atoms with E-state index in [0.717, 1.165) is 24.1 Å². The Hall–Kier alpha value is -1.68. The summed E-state index contributed by atoms with van der Waals surface area (Å²) in [6.07, 6.45) is 6.49. The summed E-state index contributed by atoms with van der Waals surface area (Å²) in [5, 5.41) is 2.96. The van der Waals surface area contributed by atoms with Gasteiger partial charge in [0.05, 0.1) is 4.88 Å². The lowest BCUT2D eigenvalue weighted by atomic mass is 10.1. The van der Waals surface area contributed by atoms with Gasteiger partial charge in [-0.3, -0.25) is 9.78 Å². The number of carbonyl (C=O) groups excluding carboxylic acids is 1. The minimum atomic E-state index is 0.0411. The number of hydrogen-bond acceptors (Lipinski definition) is 3. The molecule has 0 spiro atoms. The van der Waals surface area contributed by atoms with Crippen LogP contribution in [0.1, 0.15) is 33.5 Å². The third kappa shape index (κ3) is 4.17. The van der Waals surface area contributed by atoms with Crippen molar-refractivity contribution >= 4 is 17.2 Å². The second-order valence-electron chi connectivity index (χ2n) is 4.33. The highest BCUT2D eigenvalue weighted by molar-refractivity contribution is 7.14. The molecule has 100 valence electrons. The van der Waals surface area contributed by atoms with E-state index in [2.05, 4.69) is 17.2 Å². The summed E-state index contributed by atoms with van der Waals surface area (Å²) >= 11 is 1.58. The Morgan fingerprint density at radius 1 is 1.26 bits per heavy atom. The lowest BCUT2D eigenvalue weighted by molar-refractivity contribution is 0.0957. The number of aromatic nitrogens is 1. The maximum absolute atomic E-state index is 11.9. The van der Waals surface area contributed by atoms with Gasteiger partial charge in [-0.25, -0.2) is 0 Å². The van der Waals surface area contributed by atoms with Crippen molar-refractivity contribution in [2.45, 2.75) is 26.2 Å². The number of nitrogens with one attached hydrogen (secondary N) is 1. The molecule has 0 saturated heterocycles. The van der Waals surface area contributed by atoms with E-state index in [1.165, 1.54) is 10.4 Å². The smallest absolute Gasteiger partial charge is 0.261 e. The number of carbonyl (C=O) groups is 1. The Balaban J connectivity index is 1.72. The van der Waals surface area contributed by atoms with Gasteiger partial charge in [0.2, 0.25) is 0 Å². The zero-order valence-electron chi connectivity index (χ0n) is 11.1.